The number of hydrogen-bond donors (Lipinski definition) is 0. The first kappa shape index (κ1) is 12.5. The Morgan fingerprint density at radius 2 is 2.06 bits per heavy atom. The molecule has 1 heterocycles. The van der Waals surface area contributed by atoms with Gasteiger partial charge >= 0.3 is 0 Å². The summed E-state index contributed by atoms with van der Waals surface area (Å²) >= 11 is 1.25. The van der Waals surface area contributed by atoms with Gasteiger partial charge in [0.05, 0.1) is 0 Å². The normalized spacial score (nSPS) is 10.1. The third-order valence-corrected chi connectivity index (χ3v) is 3.35. The van der Waals surface area contributed by atoms with E-state index >= 15 is 0 Å². The van der Waals surface area contributed by atoms with Gasteiger partial charge < -0.3 is 0 Å². The SMILES string of the molecule is N#Cc1cc(CSc2ccc(F)cc2F)ccn1. The van der Waals surface area contributed by atoms with Gasteiger partial charge in [-0.1, -0.05) is 0 Å². The number of hydrogen-bond acceptors (Lipinski definition) is 3. The molecular weight excluding hydrogens is 254 g/mol. The highest BCUT2D eigenvalue weighted by Gasteiger charge is 2.05. The minimum absolute atomic E-state index is 0.327. The molecule has 0 unspecified atom stereocenters. The van der Waals surface area contributed by atoms with Crippen LogP contribution in [0.4, 0.5) is 8.78 Å². The zero-order valence-corrected chi connectivity index (χ0v) is 10.0. The summed E-state index contributed by atoms with van der Waals surface area (Å²) in [5.41, 5.74) is 1.20. The maximum absolute atomic E-state index is 13.4. The molecule has 0 aliphatic heterocycles. The largest absolute Gasteiger partial charge is 0.246 e. The number of aromatic nitrogens is 1. The molecule has 2 aromatic rings. The van der Waals surface area contributed by atoms with Crippen LogP contribution in [0.3, 0.4) is 0 Å². The maximum Gasteiger partial charge on any atom is 0.140 e. The van der Waals surface area contributed by atoms with Gasteiger partial charge in [-0.15, -0.1) is 11.8 Å². The highest BCUT2D eigenvalue weighted by atomic mass is 32.2. The number of rotatable bonds is 3. The molecule has 0 spiro atoms. The van der Waals surface area contributed by atoms with Crippen molar-refractivity contribution in [2.24, 2.45) is 0 Å². The standard InChI is InChI=1S/C13H8F2N2S/c14-10-1-2-13(12(15)6-10)18-8-9-3-4-17-11(5-9)7-16/h1-6H,8H2. The number of nitrogens with zero attached hydrogens (tertiary/aromatic N) is 2. The summed E-state index contributed by atoms with van der Waals surface area (Å²) in [7, 11) is 0. The lowest BCUT2D eigenvalue weighted by Crippen LogP contribution is -1.88. The van der Waals surface area contributed by atoms with E-state index in [-0.39, 0.29) is 0 Å². The summed E-state index contributed by atoms with van der Waals surface area (Å²) in [6.45, 7) is 0. The maximum atomic E-state index is 13.4. The van der Waals surface area contributed by atoms with Gasteiger partial charge in [-0.3, -0.25) is 0 Å². The molecule has 90 valence electrons. The predicted molar refractivity (Wildman–Crippen MR) is 64.9 cm³/mol. The van der Waals surface area contributed by atoms with Crippen molar-refractivity contribution < 1.29 is 8.78 Å². The Labute approximate surface area is 107 Å². The average molecular weight is 262 g/mol. The molecule has 1 aromatic carbocycles. The van der Waals surface area contributed by atoms with Gasteiger partial charge in [0.25, 0.3) is 0 Å². The van der Waals surface area contributed by atoms with Crippen molar-refractivity contribution in [2.75, 3.05) is 0 Å². The quantitative estimate of drug-likeness (QED) is 0.794. The molecule has 0 aliphatic rings. The lowest BCUT2D eigenvalue weighted by Gasteiger charge is -2.03. The van der Waals surface area contributed by atoms with Crippen LogP contribution >= 0.6 is 11.8 Å². The Morgan fingerprint density at radius 3 is 2.78 bits per heavy atom. The molecule has 0 N–H and O–H groups in total. The third-order valence-electron chi connectivity index (χ3n) is 2.23. The van der Waals surface area contributed by atoms with Crippen molar-refractivity contribution in [2.45, 2.75) is 10.6 Å². The number of thioether (sulfide) groups is 1. The van der Waals surface area contributed by atoms with E-state index in [0.717, 1.165) is 11.6 Å². The van der Waals surface area contributed by atoms with E-state index in [1.807, 2.05) is 6.07 Å². The molecule has 0 saturated heterocycles. The molecule has 0 saturated carbocycles. The van der Waals surface area contributed by atoms with Crippen molar-refractivity contribution in [3.63, 3.8) is 0 Å². The molecule has 0 amide bonds. The molecule has 2 rings (SSSR count). The molecule has 2 nitrogen and oxygen atoms in total. The fourth-order valence-electron chi connectivity index (χ4n) is 1.38. The van der Waals surface area contributed by atoms with Crippen LogP contribution in [0.5, 0.6) is 0 Å². The van der Waals surface area contributed by atoms with Crippen LogP contribution < -0.4 is 0 Å². The third kappa shape index (κ3) is 3.05. The molecule has 18 heavy (non-hydrogen) atoms. The monoisotopic (exact) mass is 262 g/mol. The number of pyridine rings is 1. The van der Waals surface area contributed by atoms with Crippen molar-refractivity contribution in [3.05, 3.63) is 59.4 Å². The van der Waals surface area contributed by atoms with Gasteiger partial charge in [0, 0.05) is 22.9 Å². The first-order valence-corrected chi connectivity index (χ1v) is 6.10. The Morgan fingerprint density at radius 1 is 1.22 bits per heavy atom. The van der Waals surface area contributed by atoms with Gasteiger partial charge in [-0.25, -0.2) is 13.8 Å². The number of benzene rings is 1. The van der Waals surface area contributed by atoms with Gasteiger partial charge in [-0.2, -0.15) is 5.26 Å². The average Bonchev–Trinajstić information content (AvgIpc) is 2.38. The Balaban J connectivity index is 2.09. The minimum atomic E-state index is -0.590. The molecule has 0 atom stereocenters. The lowest BCUT2D eigenvalue weighted by atomic mass is 10.2. The van der Waals surface area contributed by atoms with Gasteiger partial charge in [-0.05, 0) is 29.8 Å². The molecule has 0 aliphatic carbocycles. The van der Waals surface area contributed by atoms with Gasteiger partial charge in [0.1, 0.15) is 23.4 Å². The highest BCUT2D eigenvalue weighted by Crippen LogP contribution is 2.25. The first-order chi connectivity index (χ1) is 8.69. The van der Waals surface area contributed by atoms with Crippen LogP contribution in [0.2, 0.25) is 0 Å². The summed E-state index contributed by atoms with van der Waals surface area (Å²) in [6, 6.07) is 8.83. The molecule has 0 bridgehead atoms. The van der Waals surface area contributed by atoms with E-state index in [2.05, 4.69) is 4.98 Å². The summed E-state index contributed by atoms with van der Waals surface area (Å²) in [5.74, 6) is -0.665. The van der Waals surface area contributed by atoms with Crippen LogP contribution in [0.15, 0.2) is 41.4 Å². The Bertz CT molecular complexity index is 608. The summed E-state index contributed by atoms with van der Waals surface area (Å²) in [6.07, 6.45) is 1.54. The van der Waals surface area contributed by atoms with Crippen LogP contribution in [0.1, 0.15) is 11.3 Å². The van der Waals surface area contributed by atoms with Crippen LogP contribution in [0, 0.1) is 23.0 Å². The Kier molecular flexibility index (Phi) is 3.90. The number of nitriles is 1. The van der Waals surface area contributed by atoms with Crippen LogP contribution in [-0.4, -0.2) is 4.98 Å². The van der Waals surface area contributed by atoms with Crippen molar-refractivity contribution in [3.8, 4) is 6.07 Å². The lowest BCUT2D eigenvalue weighted by molar-refractivity contribution is 0.565. The Hall–Kier alpha value is -1.93. The smallest absolute Gasteiger partial charge is 0.140 e. The summed E-state index contributed by atoms with van der Waals surface area (Å²) in [5, 5.41) is 8.70. The van der Waals surface area contributed by atoms with Gasteiger partial charge in [0.15, 0.2) is 0 Å². The zero-order valence-electron chi connectivity index (χ0n) is 9.23. The van der Waals surface area contributed by atoms with E-state index in [4.69, 9.17) is 5.26 Å². The summed E-state index contributed by atoms with van der Waals surface area (Å²) < 4.78 is 26.1. The molecule has 0 radical (unpaired) electrons. The predicted octanol–water partition coefficient (Wildman–Crippen LogP) is 3.52. The van der Waals surface area contributed by atoms with E-state index in [9.17, 15) is 8.78 Å². The second kappa shape index (κ2) is 5.61. The van der Waals surface area contributed by atoms with E-state index in [1.165, 1.54) is 30.1 Å². The van der Waals surface area contributed by atoms with Crippen molar-refractivity contribution in [1.82, 2.24) is 4.98 Å². The number of halogens is 2. The fraction of sp³-hybridized carbons (Fsp3) is 0.0769. The molecule has 5 heteroatoms. The van der Waals surface area contributed by atoms with Crippen molar-refractivity contribution >= 4 is 11.8 Å². The second-order valence-electron chi connectivity index (χ2n) is 3.52. The second-order valence-corrected chi connectivity index (χ2v) is 4.54. The first-order valence-electron chi connectivity index (χ1n) is 5.12. The van der Waals surface area contributed by atoms with E-state index in [0.29, 0.717) is 16.3 Å². The molecule has 0 fully saturated rings. The van der Waals surface area contributed by atoms with Crippen LogP contribution in [-0.2, 0) is 5.75 Å². The van der Waals surface area contributed by atoms with Gasteiger partial charge in [0.2, 0.25) is 0 Å². The summed E-state index contributed by atoms with van der Waals surface area (Å²) in [4.78, 5) is 4.23. The minimum Gasteiger partial charge on any atom is -0.246 e. The van der Waals surface area contributed by atoms with Crippen molar-refractivity contribution in [1.29, 1.82) is 5.26 Å². The highest BCUT2D eigenvalue weighted by molar-refractivity contribution is 7.98. The zero-order chi connectivity index (χ0) is 13.0. The van der Waals surface area contributed by atoms with E-state index in [1.54, 1.807) is 12.1 Å². The van der Waals surface area contributed by atoms with E-state index < -0.39 is 11.6 Å². The van der Waals surface area contributed by atoms with Crippen LogP contribution in [0.25, 0.3) is 0 Å². The topological polar surface area (TPSA) is 36.7 Å². The molecule has 1 aromatic heterocycles. The fourth-order valence-corrected chi connectivity index (χ4v) is 2.24. The molecular formula is C13H8F2N2S.